The zero-order valence-electron chi connectivity index (χ0n) is 12.8. The molecule has 0 bridgehead atoms. The summed E-state index contributed by atoms with van der Waals surface area (Å²) in [6, 6.07) is 19.0. The molecule has 2 aliphatic rings. The summed E-state index contributed by atoms with van der Waals surface area (Å²) in [5, 5.41) is 13.0. The minimum Gasteiger partial charge on any atom is -0.490 e. The topological polar surface area (TPSA) is 29.5 Å². The van der Waals surface area contributed by atoms with E-state index in [0.29, 0.717) is 6.61 Å². The summed E-state index contributed by atoms with van der Waals surface area (Å²) in [4.78, 5) is 0. The predicted octanol–water partition coefficient (Wildman–Crippen LogP) is 4.17. The van der Waals surface area contributed by atoms with Crippen LogP contribution in [0.4, 0.5) is 0 Å². The minimum atomic E-state index is -0.587. The SMILES string of the molecule is Cc1cccc(C2=C3c4c(ccc5cccc2c45)OCC3O)c1. The van der Waals surface area contributed by atoms with Crippen LogP contribution in [0.3, 0.4) is 0 Å². The second-order valence-corrected chi connectivity index (χ2v) is 6.33. The van der Waals surface area contributed by atoms with Crippen molar-refractivity contribution in [1.29, 1.82) is 0 Å². The Morgan fingerprint density at radius 2 is 1.91 bits per heavy atom. The third kappa shape index (κ3) is 1.67. The van der Waals surface area contributed by atoms with Gasteiger partial charge in [-0.05, 0) is 35.1 Å². The van der Waals surface area contributed by atoms with Crippen LogP contribution in [0.15, 0.2) is 54.6 Å². The van der Waals surface area contributed by atoms with Gasteiger partial charge >= 0.3 is 0 Å². The van der Waals surface area contributed by atoms with E-state index in [1.165, 1.54) is 21.9 Å². The smallest absolute Gasteiger partial charge is 0.127 e. The highest BCUT2D eigenvalue weighted by atomic mass is 16.5. The first-order chi connectivity index (χ1) is 11.2. The van der Waals surface area contributed by atoms with Crippen molar-refractivity contribution in [3.63, 3.8) is 0 Å². The summed E-state index contributed by atoms with van der Waals surface area (Å²) in [6.07, 6.45) is -0.587. The second-order valence-electron chi connectivity index (χ2n) is 6.33. The van der Waals surface area contributed by atoms with Gasteiger partial charge in [-0.15, -0.1) is 0 Å². The monoisotopic (exact) mass is 300 g/mol. The molecule has 0 fully saturated rings. The van der Waals surface area contributed by atoms with Crippen LogP contribution in [0, 0.1) is 6.92 Å². The molecule has 0 spiro atoms. The Balaban J connectivity index is 1.94. The fraction of sp³-hybridized carbons (Fsp3) is 0.143. The van der Waals surface area contributed by atoms with Gasteiger partial charge in [0.25, 0.3) is 0 Å². The number of aryl methyl sites for hydroxylation is 1. The van der Waals surface area contributed by atoms with Gasteiger partial charge in [-0.2, -0.15) is 0 Å². The summed E-state index contributed by atoms with van der Waals surface area (Å²) >= 11 is 0. The maximum atomic E-state index is 10.6. The molecule has 1 aliphatic carbocycles. The van der Waals surface area contributed by atoms with Gasteiger partial charge < -0.3 is 9.84 Å². The molecule has 1 heterocycles. The molecule has 0 saturated carbocycles. The van der Waals surface area contributed by atoms with Crippen molar-refractivity contribution < 1.29 is 9.84 Å². The largest absolute Gasteiger partial charge is 0.490 e. The van der Waals surface area contributed by atoms with E-state index in [4.69, 9.17) is 4.74 Å². The van der Waals surface area contributed by atoms with E-state index in [1.807, 2.05) is 6.07 Å². The fourth-order valence-electron chi connectivity index (χ4n) is 3.92. The standard InChI is InChI=1S/C21H16O2/c1-12-4-2-6-14(10-12)19-15-7-3-5-13-8-9-17-21(18(13)15)20(19)16(22)11-23-17/h2-10,16,22H,11H2,1H3. The second kappa shape index (κ2) is 4.46. The maximum Gasteiger partial charge on any atom is 0.127 e. The van der Waals surface area contributed by atoms with E-state index >= 15 is 0 Å². The third-order valence-corrected chi connectivity index (χ3v) is 4.85. The zero-order chi connectivity index (χ0) is 15.6. The number of rotatable bonds is 1. The Labute approximate surface area is 134 Å². The van der Waals surface area contributed by atoms with E-state index in [2.05, 4.69) is 55.5 Å². The number of ether oxygens (including phenoxy) is 1. The third-order valence-electron chi connectivity index (χ3n) is 4.85. The van der Waals surface area contributed by atoms with Crippen LogP contribution in [-0.4, -0.2) is 17.8 Å². The van der Waals surface area contributed by atoms with Crippen LogP contribution in [0.2, 0.25) is 0 Å². The van der Waals surface area contributed by atoms with Gasteiger partial charge in [-0.3, -0.25) is 0 Å². The molecule has 1 unspecified atom stereocenters. The highest BCUT2D eigenvalue weighted by molar-refractivity contribution is 6.19. The summed E-state index contributed by atoms with van der Waals surface area (Å²) in [6.45, 7) is 2.42. The number of benzene rings is 3. The Bertz CT molecular complexity index is 998. The molecule has 0 amide bonds. The van der Waals surface area contributed by atoms with Crippen LogP contribution in [0.1, 0.15) is 22.3 Å². The van der Waals surface area contributed by atoms with Crippen molar-refractivity contribution in [3.8, 4) is 5.75 Å². The molecule has 112 valence electrons. The van der Waals surface area contributed by atoms with E-state index < -0.39 is 6.10 Å². The minimum absolute atomic E-state index is 0.317. The summed E-state index contributed by atoms with van der Waals surface area (Å²) in [5.41, 5.74) is 6.83. The normalized spacial score (nSPS) is 18.4. The molecule has 23 heavy (non-hydrogen) atoms. The number of aliphatic hydroxyl groups is 1. The van der Waals surface area contributed by atoms with Crippen LogP contribution < -0.4 is 4.74 Å². The quantitative estimate of drug-likeness (QED) is 0.730. The van der Waals surface area contributed by atoms with Gasteiger partial charge in [0.15, 0.2) is 0 Å². The lowest BCUT2D eigenvalue weighted by atomic mass is 9.92. The van der Waals surface area contributed by atoms with E-state index in [-0.39, 0.29) is 0 Å². The molecule has 1 aliphatic heterocycles. The molecule has 3 aromatic rings. The van der Waals surface area contributed by atoms with Crippen LogP contribution in [0.5, 0.6) is 5.75 Å². The Morgan fingerprint density at radius 1 is 1.04 bits per heavy atom. The first-order valence-corrected chi connectivity index (χ1v) is 7.92. The van der Waals surface area contributed by atoms with Gasteiger partial charge in [0.1, 0.15) is 18.5 Å². The number of hydrogen-bond donors (Lipinski definition) is 1. The molecule has 2 nitrogen and oxygen atoms in total. The molecule has 3 aromatic carbocycles. The Kier molecular flexibility index (Phi) is 2.51. The summed E-state index contributed by atoms with van der Waals surface area (Å²) < 4.78 is 5.77. The van der Waals surface area contributed by atoms with Crippen molar-refractivity contribution in [3.05, 3.63) is 76.9 Å². The first kappa shape index (κ1) is 12.9. The van der Waals surface area contributed by atoms with Crippen LogP contribution in [0.25, 0.3) is 21.9 Å². The Hall–Kier alpha value is -2.58. The molecule has 0 radical (unpaired) electrons. The fourth-order valence-corrected chi connectivity index (χ4v) is 3.92. The molecular weight excluding hydrogens is 284 g/mol. The number of hydrogen-bond acceptors (Lipinski definition) is 2. The molecule has 0 saturated heterocycles. The lowest BCUT2D eigenvalue weighted by Gasteiger charge is -2.24. The van der Waals surface area contributed by atoms with Gasteiger partial charge in [-0.25, -0.2) is 0 Å². The van der Waals surface area contributed by atoms with Gasteiger partial charge in [0, 0.05) is 16.5 Å². The average molecular weight is 300 g/mol. The summed E-state index contributed by atoms with van der Waals surface area (Å²) in [7, 11) is 0. The highest BCUT2D eigenvalue weighted by Gasteiger charge is 2.35. The molecule has 1 N–H and O–H groups in total. The maximum absolute atomic E-state index is 10.6. The molecule has 0 aromatic heterocycles. The van der Waals surface area contributed by atoms with Crippen molar-refractivity contribution in [2.45, 2.75) is 13.0 Å². The highest BCUT2D eigenvalue weighted by Crippen LogP contribution is 2.51. The predicted molar refractivity (Wildman–Crippen MR) is 92.5 cm³/mol. The van der Waals surface area contributed by atoms with E-state index in [0.717, 1.165) is 28.0 Å². The van der Waals surface area contributed by atoms with Crippen LogP contribution in [-0.2, 0) is 0 Å². The Morgan fingerprint density at radius 3 is 2.78 bits per heavy atom. The van der Waals surface area contributed by atoms with Gasteiger partial charge in [0.05, 0.1) is 0 Å². The number of aliphatic hydroxyl groups excluding tert-OH is 1. The van der Waals surface area contributed by atoms with Crippen molar-refractivity contribution in [2.75, 3.05) is 6.61 Å². The molecule has 5 rings (SSSR count). The molecule has 1 atom stereocenters. The van der Waals surface area contributed by atoms with Crippen LogP contribution >= 0.6 is 0 Å². The first-order valence-electron chi connectivity index (χ1n) is 7.92. The lowest BCUT2D eigenvalue weighted by molar-refractivity contribution is 0.143. The average Bonchev–Trinajstić information content (AvgIpc) is 2.92. The zero-order valence-corrected chi connectivity index (χ0v) is 12.8. The summed E-state index contributed by atoms with van der Waals surface area (Å²) in [5.74, 6) is 0.882. The van der Waals surface area contributed by atoms with Gasteiger partial charge in [-0.1, -0.05) is 54.1 Å². The van der Waals surface area contributed by atoms with E-state index in [9.17, 15) is 5.11 Å². The molecular formula is C21H16O2. The molecule has 2 heteroatoms. The van der Waals surface area contributed by atoms with Crippen molar-refractivity contribution in [1.82, 2.24) is 0 Å². The van der Waals surface area contributed by atoms with Gasteiger partial charge in [0.2, 0.25) is 0 Å². The lowest BCUT2D eigenvalue weighted by Crippen LogP contribution is -2.24. The van der Waals surface area contributed by atoms with Crippen molar-refractivity contribution in [2.24, 2.45) is 0 Å². The van der Waals surface area contributed by atoms with E-state index in [1.54, 1.807) is 0 Å². The van der Waals surface area contributed by atoms with Crippen molar-refractivity contribution >= 4 is 21.9 Å².